The molecule has 84 valence electrons. The van der Waals surface area contributed by atoms with Gasteiger partial charge in [-0.25, -0.2) is 0 Å². The van der Waals surface area contributed by atoms with E-state index in [1.54, 1.807) is 25.1 Å². The van der Waals surface area contributed by atoms with E-state index < -0.39 is 4.92 Å². The van der Waals surface area contributed by atoms with Gasteiger partial charge in [0.15, 0.2) is 0 Å². The van der Waals surface area contributed by atoms with E-state index in [-0.39, 0.29) is 11.6 Å². The summed E-state index contributed by atoms with van der Waals surface area (Å²) < 4.78 is 0. The number of nitrogens with zero attached hydrogens (tertiary/aromatic N) is 3. The molecule has 1 rings (SSSR count). The van der Waals surface area contributed by atoms with Crippen LogP contribution in [0.25, 0.3) is 0 Å². The van der Waals surface area contributed by atoms with Crippen molar-refractivity contribution in [2.45, 2.75) is 6.92 Å². The SMILES string of the molecule is Cc1cccc(C=NN=C(N)N)c1[N+](=O)[O-]. The van der Waals surface area contributed by atoms with Gasteiger partial charge in [-0.15, -0.1) is 5.10 Å². The number of guanidine groups is 1. The van der Waals surface area contributed by atoms with Crippen LogP contribution in [0, 0.1) is 17.0 Å². The highest BCUT2D eigenvalue weighted by atomic mass is 16.6. The lowest BCUT2D eigenvalue weighted by atomic mass is 10.1. The number of aryl methyl sites for hydroxylation is 1. The molecule has 0 fully saturated rings. The van der Waals surface area contributed by atoms with E-state index in [9.17, 15) is 10.1 Å². The third kappa shape index (κ3) is 2.77. The Balaban J connectivity index is 3.14. The second kappa shape index (κ2) is 4.87. The van der Waals surface area contributed by atoms with Crippen LogP contribution in [-0.4, -0.2) is 17.1 Å². The second-order valence-corrected chi connectivity index (χ2v) is 3.04. The monoisotopic (exact) mass is 221 g/mol. The molecule has 0 aliphatic heterocycles. The summed E-state index contributed by atoms with van der Waals surface area (Å²) in [6, 6.07) is 4.91. The van der Waals surface area contributed by atoms with Crippen molar-refractivity contribution >= 4 is 17.9 Å². The largest absolute Gasteiger partial charge is 0.369 e. The summed E-state index contributed by atoms with van der Waals surface area (Å²) in [7, 11) is 0. The Morgan fingerprint density at radius 3 is 2.75 bits per heavy atom. The van der Waals surface area contributed by atoms with Crippen molar-refractivity contribution in [3.05, 3.63) is 39.4 Å². The number of benzene rings is 1. The lowest BCUT2D eigenvalue weighted by molar-refractivity contribution is -0.385. The van der Waals surface area contributed by atoms with E-state index in [1.165, 1.54) is 6.21 Å². The van der Waals surface area contributed by atoms with Crippen molar-refractivity contribution < 1.29 is 4.92 Å². The van der Waals surface area contributed by atoms with Gasteiger partial charge >= 0.3 is 0 Å². The van der Waals surface area contributed by atoms with Gasteiger partial charge in [0.2, 0.25) is 5.96 Å². The summed E-state index contributed by atoms with van der Waals surface area (Å²) in [5.41, 5.74) is 11.0. The molecule has 1 aromatic rings. The summed E-state index contributed by atoms with van der Waals surface area (Å²) in [5, 5.41) is 17.7. The molecule has 0 atom stereocenters. The van der Waals surface area contributed by atoms with E-state index in [0.717, 1.165) is 0 Å². The van der Waals surface area contributed by atoms with E-state index in [0.29, 0.717) is 11.1 Å². The molecule has 0 amide bonds. The summed E-state index contributed by atoms with van der Waals surface area (Å²) in [4.78, 5) is 10.3. The van der Waals surface area contributed by atoms with Gasteiger partial charge < -0.3 is 11.5 Å². The minimum Gasteiger partial charge on any atom is -0.369 e. The minimum absolute atomic E-state index is 0.00274. The molecule has 4 N–H and O–H groups in total. The number of hydrogen-bond donors (Lipinski definition) is 2. The number of nitro groups is 1. The highest BCUT2D eigenvalue weighted by molar-refractivity contribution is 5.86. The van der Waals surface area contributed by atoms with Crippen LogP contribution in [0.5, 0.6) is 0 Å². The number of para-hydroxylation sites is 1. The molecule has 0 saturated heterocycles. The highest BCUT2D eigenvalue weighted by Gasteiger charge is 2.14. The van der Waals surface area contributed by atoms with Crippen molar-refractivity contribution in [2.24, 2.45) is 21.7 Å². The molecule has 0 bridgehead atoms. The molecule has 0 saturated carbocycles. The van der Waals surface area contributed by atoms with Gasteiger partial charge in [-0.05, 0) is 13.0 Å². The molecule has 0 spiro atoms. The zero-order valence-corrected chi connectivity index (χ0v) is 8.62. The fourth-order valence-electron chi connectivity index (χ4n) is 1.19. The lowest BCUT2D eigenvalue weighted by Gasteiger charge is -1.99. The molecule has 0 heterocycles. The number of rotatable bonds is 3. The maximum atomic E-state index is 10.8. The normalized spacial score (nSPS) is 10.3. The standard InChI is InChI=1S/C9H11N5O2/c1-6-3-2-4-7(8(6)14(15)16)5-12-13-9(10)11/h2-5H,1H3,(H4,10,11,13). The van der Waals surface area contributed by atoms with Crippen LogP contribution in [0.15, 0.2) is 28.4 Å². The number of nitrogens with two attached hydrogens (primary N) is 2. The maximum Gasteiger partial charge on any atom is 0.281 e. The van der Waals surface area contributed by atoms with Crippen molar-refractivity contribution in [3.8, 4) is 0 Å². The molecule has 7 heteroatoms. The smallest absolute Gasteiger partial charge is 0.281 e. The Labute approximate surface area is 91.6 Å². The average molecular weight is 221 g/mol. The van der Waals surface area contributed by atoms with Gasteiger partial charge in [-0.1, -0.05) is 12.1 Å². The highest BCUT2D eigenvalue weighted by Crippen LogP contribution is 2.21. The van der Waals surface area contributed by atoms with E-state index in [1.807, 2.05) is 0 Å². The Bertz CT molecular complexity index is 463. The summed E-state index contributed by atoms with van der Waals surface area (Å²) in [6.07, 6.45) is 1.24. The Morgan fingerprint density at radius 2 is 2.19 bits per heavy atom. The Kier molecular flexibility index (Phi) is 3.54. The average Bonchev–Trinajstić information content (AvgIpc) is 2.16. The number of nitro benzene ring substituents is 1. The van der Waals surface area contributed by atoms with Gasteiger partial charge in [0.1, 0.15) is 0 Å². The van der Waals surface area contributed by atoms with Crippen molar-refractivity contribution in [2.75, 3.05) is 0 Å². The third-order valence-corrected chi connectivity index (χ3v) is 1.82. The predicted molar refractivity (Wildman–Crippen MR) is 61.2 cm³/mol. The predicted octanol–water partition coefficient (Wildman–Crippen LogP) is 0.511. The quantitative estimate of drug-likeness (QED) is 0.334. The maximum absolute atomic E-state index is 10.8. The third-order valence-electron chi connectivity index (χ3n) is 1.82. The molecule has 16 heavy (non-hydrogen) atoms. The molecule has 0 aliphatic rings. The zero-order valence-electron chi connectivity index (χ0n) is 8.62. The first-order chi connectivity index (χ1) is 7.52. The van der Waals surface area contributed by atoms with Crippen LogP contribution >= 0.6 is 0 Å². The second-order valence-electron chi connectivity index (χ2n) is 3.04. The molecule has 0 unspecified atom stereocenters. The fourth-order valence-corrected chi connectivity index (χ4v) is 1.19. The van der Waals surface area contributed by atoms with E-state index in [2.05, 4.69) is 10.2 Å². The van der Waals surface area contributed by atoms with Gasteiger partial charge in [0.25, 0.3) is 5.69 Å². The van der Waals surface area contributed by atoms with Gasteiger partial charge in [-0.2, -0.15) is 5.10 Å². The first-order valence-electron chi connectivity index (χ1n) is 4.38. The zero-order chi connectivity index (χ0) is 12.1. The van der Waals surface area contributed by atoms with Gasteiger partial charge in [0.05, 0.1) is 16.7 Å². The minimum atomic E-state index is -0.466. The van der Waals surface area contributed by atoms with Crippen molar-refractivity contribution in [1.82, 2.24) is 0 Å². The Morgan fingerprint density at radius 1 is 1.50 bits per heavy atom. The molecule has 7 nitrogen and oxygen atoms in total. The molecular formula is C9H11N5O2. The first kappa shape index (κ1) is 11.6. The molecule has 0 radical (unpaired) electrons. The summed E-state index contributed by atoms with van der Waals surface area (Å²) in [5.74, 6) is -0.202. The first-order valence-corrected chi connectivity index (χ1v) is 4.38. The number of hydrogen-bond acceptors (Lipinski definition) is 4. The fraction of sp³-hybridized carbons (Fsp3) is 0.111. The topological polar surface area (TPSA) is 120 Å². The summed E-state index contributed by atoms with van der Waals surface area (Å²) >= 11 is 0. The van der Waals surface area contributed by atoms with Crippen LogP contribution in [0.2, 0.25) is 0 Å². The molecule has 0 aromatic heterocycles. The Hall–Kier alpha value is -2.44. The van der Waals surface area contributed by atoms with Crippen LogP contribution in [0.3, 0.4) is 0 Å². The van der Waals surface area contributed by atoms with E-state index >= 15 is 0 Å². The van der Waals surface area contributed by atoms with Crippen molar-refractivity contribution in [3.63, 3.8) is 0 Å². The molecule has 0 aliphatic carbocycles. The summed E-state index contributed by atoms with van der Waals surface area (Å²) in [6.45, 7) is 1.65. The molecular weight excluding hydrogens is 210 g/mol. The van der Waals surface area contributed by atoms with Gasteiger partial charge in [0, 0.05) is 5.56 Å². The van der Waals surface area contributed by atoms with Crippen LogP contribution < -0.4 is 11.5 Å². The molecule has 1 aromatic carbocycles. The van der Waals surface area contributed by atoms with Gasteiger partial charge in [-0.3, -0.25) is 10.1 Å². The van der Waals surface area contributed by atoms with Crippen molar-refractivity contribution in [1.29, 1.82) is 0 Å². The van der Waals surface area contributed by atoms with E-state index in [4.69, 9.17) is 11.5 Å². The van der Waals surface area contributed by atoms with Crippen LogP contribution in [0.4, 0.5) is 5.69 Å². The van der Waals surface area contributed by atoms with Crippen LogP contribution in [0.1, 0.15) is 11.1 Å². The van der Waals surface area contributed by atoms with Crippen LogP contribution in [-0.2, 0) is 0 Å². The lowest BCUT2D eigenvalue weighted by Crippen LogP contribution is -2.21.